The molecule has 3 N–H and O–H groups in total. The first-order valence-electron chi connectivity index (χ1n) is 4.39. The Balaban J connectivity index is 2.46. The molecule has 14 heavy (non-hydrogen) atoms. The van der Waals surface area contributed by atoms with Gasteiger partial charge >= 0.3 is 5.97 Å². The monoisotopic (exact) mass is 196 g/mol. The second-order valence-electron chi connectivity index (χ2n) is 3.53. The van der Waals surface area contributed by atoms with Crippen LogP contribution in [0.5, 0.6) is 0 Å². The van der Waals surface area contributed by atoms with Crippen LogP contribution in [0.4, 0.5) is 11.5 Å². The number of fused-ring (bicyclic) bond motifs is 1. The topological polar surface area (TPSA) is 81.2 Å². The van der Waals surface area contributed by atoms with Gasteiger partial charge < -0.3 is 15.3 Å². The zero-order valence-corrected chi connectivity index (χ0v) is 8.03. The minimum atomic E-state index is -0.992. The van der Waals surface area contributed by atoms with Gasteiger partial charge in [-0.05, 0) is 6.92 Å². The van der Waals surface area contributed by atoms with E-state index >= 15 is 0 Å². The number of carbonyl (C=O) groups is 1. The molecule has 0 radical (unpaired) electrons. The highest BCUT2D eigenvalue weighted by Crippen LogP contribution is 2.30. The molecule has 76 valence electrons. The number of aromatic amines is 1. The van der Waals surface area contributed by atoms with Crippen LogP contribution in [0, 0.1) is 0 Å². The van der Waals surface area contributed by atoms with Crippen molar-refractivity contribution in [3.05, 3.63) is 5.69 Å². The van der Waals surface area contributed by atoms with Crippen LogP contribution in [-0.4, -0.2) is 40.9 Å². The molecule has 2 heterocycles. The van der Waals surface area contributed by atoms with Gasteiger partial charge in [-0.15, -0.1) is 0 Å². The number of nitrogens with zero attached hydrogens (tertiary/aromatic N) is 2. The van der Waals surface area contributed by atoms with Gasteiger partial charge in [0, 0.05) is 19.6 Å². The Kier molecular flexibility index (Phi) is 1.83. The Bertz CT molecular complexity index is 373. The summed E-state index contributed by atoms with van der Waals surface area (Å²) in [6.45, 7) is 2.81. The molecule has 1 atom stereocenters. The predicted octanol–water partition coefficient (Wildman–Crippen LogP) is 0.358. The first-order chi connectivity index (χ1) is 6.59. The summed E-state index contributed by atoms with van der Waals surface area (Å²) >= 11 is 0. The molecule has 6 heteroatoms. The van der Waals surface area contributed by atoms with Crippen molar-refractivity contribution in [1.82, 2.24) is 10.2 Å². The molecule has 0 saturated carbocycles. The van der Waals surface area contributed by atoms with E-state index in [0.29, 0.717) is 11.5 Å². The summed E-state index contributed by atoms with van der Waals surface area (Å²) in [6.07, 6.45) is 0. The van der Waals surface area contributed by atoms with E-state index in [1.54, 1.807) is 0 Å². The van der Waals surface area contributed by atoms with Crippen LogP contribution >= 0.6 is 0 Å². The van der Waals surface area contributed by atoms with E-state index in [9.17, 15) is 4.79 Å². The van der Waals surface area contributed by atoms with Crippen molar-refractivity contribution < 1.29 is 9.90 Å². The number of carboxylic acids is 1. The molecule has 0 unspecified atom stereocenters. The van der Waals surface area contributed by atoms with E-state index in [4.69, 9.17) is 5.11 Å². The smallest absolute Gasteiger partial charge is 0.356 e. The number of aromatic nitrogens is 2. The number of H-pyrrole nitrogens is 1. The minimum Gasteiger partial charge on any atom is -0.476 e. The Hall–Kier alpha value is -1.72. The van der Waals surface area contributed by atoms with Crippen LogP contribution in [0.2, 0.25) is 0 Å². The van der Waals surface area contributed by atoms with Gasteiger partial charge in [-0.1, -0.05) is 0 Å². The number of likely N-dealkylation sites (N-methyl/N-ethyl adjacent to an activating group) is 1. The highest BCUT2D eigenvalue weighted by molar-refractivity contribution is 5.96. The molecule has 0 fully saturated rings. The number of hydrogen-bond acceptors (Lipinski definition) is 4. The Morgan fingerprint density at radius 2 is 2.43 bits per heavy atom. The fraction of sp³-hybridized carbons (Fsp3) is 0.500. The first kappa shape index (κ1) is 8.86. The van der Waals surface area contributed by atoms with E-state index in [0.717, 1.165) is 6.54 Å². The Morgan fingerprint density at radius 3 is 3.07 bits per heavy atom. The maximum atomic E-state index is 10.8. The SMILES string of the molecule is C[C@H]1CN(C)c2n[nH]c(C(=O)O)c2N1. The molecule has 0 saturated heterocycles. The lowest BCUT2D eigenvalue weighted by Gasteiger charge is -2.29. The molecule has 0 aliphatic carbocycles. The normalized spacial score (nSPS) is 20.1. The fourth-order valence-corrected chi connectivity index (χ4v) is 1.69. The highest BCUT2D eigenvalue weighted by atomic mass is 16.4. The molecule has 0 amide bonds. The van der Waals surface area contributed by atoms with Crippen LogP contribution in [0.3, 0.4) is 0 Å². The maximum absolute atomic E-state index is 10.8. The molecule has 1 aliphatic heterocycles. The second-order valence-corrected chi connectivity index (χ2v) is 3.53. The van der Waals surface area contributed by atoms with Crippen LogP contribution < -0.4 is 10.2 Å². The van der Waals surface area contributed by atoms with Gasteiger partial charge in [-0.3, -0.25) is 5.10 Å². The lowest BCUT2D eigenvalue weighted by Crippen LogP contribution is -2.37. The van der Waals surface area contributed by atoms with Crippen molar-refractivity contribution in [2.24, 2.45) is 0 Å². The lowest BCUT2D eigenvalue weighted by atomic mass is 10.2. The van der Waals surface area contributed by atoms with Gasteiger partial charge in [0.1, 0.15) is 5.69 Å². The number of hydrogen-bond donors (Lipinski definition) is 3. The van der Waals surface area contributed by atoms with E-state index < -0.39 is 5.97 Å². The van der Waals surface area contributed by atoms with Crippen molar-refractivity contribution in [3.8, 4) is 0 Å². The average molecular weight is 196 g/mol. The summed E-state index contributed by atoms with van der Waals surface area (Å²) in [6, 6.07) is 0.225. The highest BCUT2D eigenvalue weighted by Gasteiger charge is 2.26. The first-order valence-corrected chi connectivity index (χ1v) is 4.39. The summed E-state index contributed by atoms with van der Waals surface area (Å²) in [5, 5.41) is 18.4. The van der Waals surface area contributed by atoms with Crippen molar-refractivity contribution in [2.75, 3.05) is 23.8 Å². The molecular formula is C8H12N4O2. The van der Waals surface area contributed by atoms with Gasteiger partial charge in [0.2, 0.25) is 0 Å². The summed E-state index contributed by atoms with van der Waals surface area (Å²) in [7, 11) is 1.89. The van der Waals surface area contributed by atoms with Crippen molar-refractivity contribution in [1.29, 1.82) is 0 Å². The van der Waals surface area contributed by atoms with Gasteiger partial charge in [-0.2, -0.15) is 5.10 Å². The molecule has 1 aromatic rings. The summed E-state index contributed by atoms with van der Waals surface area (Å²) in [5.74, 6) is -0.325. The third-order valence-corrected chi connectivity index (χ3v) is 2.26. The number of aromatic carboxylic acids is 1. The summed E-state index contributed by atoms with van der Waals surface area (Å²) in [4.78, 5) is 12.7. The molecule has 0 bridgehead atoms. The largest absolute Gasteiger partial charge is 0.476 e. The molecular weight excluding hydrogens is 184 g/mol. The summed E-state index contributed by atoms with van der Waals surface area (Å²) < 4.78 is 0. The van der Waals surface area contributed by atoms with Crippen molar-refractivity contribution >= 4 is 17.5 Å². The van der Waals surface area contributed by atoms with Crippen LogP contribution in [0.25, 0.3) is 0 Å². The third kappa shape index (κ3) is 1.19. The molecule has 0 aromatic carbocycles. The predicted molar refractivity (Wildman–Crippen MR) is 51.9 cm³/mol. The van der Waals surface area contributed by atoms with Gasteiger partial charge in [0.05, 0.1) is 0 Å². The zero-order valence-electron chi connectivity index (χ0n) is 8.03. The molecule has 0 spiro atoms. The lowest BCUT2D eigenvalue weighted by molar-refractivity contribution is 0.0691. The Morgan fingerprint density at radius 1 is 1.71 bits per heavy atom. The van der Waals surface area contributed by atoms with Gasteiger partial charge in [-0.25, -0.2) is 4.79 Å². The van der Waals surface area contributed by atoms with Gasteiger partial charge in [0.25, 0.3) is 0 Å². The Labute approximate surface area is 80.9 Å². The third-order valence-electron chi connectivity index (χ3n) is 2.26. The van der Waals surface area contributed by atoms with E-state index in [1.807, 2.05) is 18.9 Å². The maximum Gasteiger partial charge on any atom is 0.356 e. The van der Waals surface area contributed by atoms with Crippen LogP contribution in [0.1, 0.15) is 17.4 Å². The average Bonchev–Trinajstić information content (AvgIpc) is 2.47. The quantitative estimate of drug-likeness (QED) is 0.604. The fourth-order valence-electron chi connectivity index (χ4n) is 1.69. The number of rotatable bonds is 1. The number of nitrogens with one attached hydrogen (secondary N) is 2. The van der Waals surface area contributed by atoms with E-state index in [2.05, 4.69) is 15.5 Å². The molecule has 1 aliphatic rings. The second kappa shape index (κ2) is 2.90. The molecule has 2 rings (SSSR count). The molecule has 6 nitrogen and oxygen atoms in total. The van der Waals surface area contributed by atoms with Crippen LogP contribution in [0.15, 0.2) is 0 Å². The van der Waals surface area contributed by atoms with Crippen LogP contribution in [-0.2, 0) is 0 Å². The van der Waals surface area contributed by atoms with Crippen molar-refractivity contribution in [3.63, 3.8) is 0 Å². The number of carboxylic acid groups (broad SMARTS) is 1. The van der Waals surface area contributed by atoms with Crippen molar-refractivity contribution in [2.45, 2.75) is 13.0 Å². The molecule has 1 aromatic heterocycles. The summed E-state index contributed by atoms with van der Waals surface area (Å²) in [5.41, 5.74) is 0.706. The van der Waals surface area contributed by atoms with Gasteiger partial charge in [0.15, 0.2) is 11.5 Å². The minimum absolute atomic E-state index is 0.124. The number of anilines is 2. The van der Waals surface area contributed by atoms with E-state index in [-0.39, 0.29) is 11.7 Å². The standard InChI is InChI=1S/C8H12N4O2/c1-4-3-12(2)7-5(9-4)6(8(13)14)10-11-7/h4,9H,3H2,1-2H3,(H,10,11)(H,13,14)/t4-/m0/s1. The zero-order chi connectivity index (χ0) is 10.3. The van der Waals surface area contributed by atoms with E-state index in [1.165, 1.54) is 0 Å².